The Balaban J connectivity index is 2.29. The van der Waals surface area contributed by atoms with Crippen molar-refractivity contribution in [3.63, 3.8) is 0 Å². The summed E-state index contributed by atoms with van der Waals surface area (Å²) in [5, 5.41) is 12.1. The van der Waals surface area contributed by atoms with Gasteiger partial charge in [-0.2, -0.15) is 0 Å². The highest BCUT2D eigenvalue weighted by molar-refractivity contribution is 9.10. The molecule has 5 heteroatoms. The molecule has 0 unspecified atom stereocenters. The van der Waals surface area contributed by atoms with E-state index in [-0.39, 0.29) is 11.7 Å². The summed E-state index contributed by atoms with van der Waals surface area (Å²) in [4.78, 5) is 12.1. The van der Waals surface area contributed by atoms with Crippen LogP contribution in [-0.2, 0) is 0 Å². The second kappa shape index (κ2) is 5.32. The first-order valence-corrected chi connectivity index (χ1v) is 6.42. The molecule has 0 heterocycles. The molecule has 98 valence electrons. The molecule has 19 heavy (non-hydrogen) atoms. The normalized spacial score (nSPS) is 10.2. The van der Waals surface area contributed by atoms with E-state index in [9.17, 15) is 9.90 Å². The summed E-state index contributed by atoms with van der Waals surface area (Å²) < 4.78 is 0.721. The molecule has 0 aliphatic heterocycles. The Morgan fingerprint density at radius 2 is 2.05 bits per heavy atom. The Labute approximate surface area is 119 Å². The van der Waals surface area contributed by atoms with Crippen molar-refractivity contribution in [1.29, 1.82) is 0 Å². The SMILES string of the molecule is Cc1cc(N)c(NC(=O)c2cccc(O)c2)c(Br)c1. The van der Waals surface area contributed by atoms with Gasteiger partial charge in [0, 0.05) is 10.0 Å². The third kappa shape index (κ3) is 3.06. The lowest BCUT2D eigenvalue weighted by Crippen LogP contribution is -2.13. The third-order valence-corrected chi connectivity index (χ3v) is 3.24. The minimum atomic E-state index is -0.327. The third-order valence-electron chi connectivity index (χ3n) is 2.61. The van der Waals surface area contributed by atoms with E-state index >= 15 is 0 Å². The number of nitrogens with one attached hydrogen (secondary N) is 1. The van der Waals surface area contributed by atoms with Crippen molar-refractivity contribution in [3.05, 3.63) is 52.0 Å². The van der Waals surface area contributed by atoms with Crippen molar-refractivity contribution in [2.45, 2.75) is 6.92 Å². The molecule has 0 atom stereocenters. The van der Waals surface area contributed by atoms with Crippen LogP contribution in [0.1, 0.15) is 15.9 Å². The Bertz CT molecular complexity index is 618. The van der Waals surface area contributed by atoms with Gasteiger partial charge in [0.1, 0.15) is 5.75 Å². The largest absolute Gasteiger partial charge is 0.508 e. The first kappa shape index (κ1) is 13.4. The Kier molecular flexibility index (Phi) is 3.76. The number of hydrogen-bond donors (Lipinski definition) is 3. The number of rotatable bonds is 2. The van der Waals surface area contributed by atoms with Crippen LogP contribution in [0, 0.1) is 6.92 Å². The molecular weight excluding hydrogens is 308 g/mol. The van der Waals surface area contributed by atoms with Crippen LogP contribution < -0.4 is 11.1 Å². The number of anilines is 2. The Hall–Kier alpha value is -2.01. The molecule has 0 saturated carbocycles. The summed E-state index contributed by atoms with van der Waals surface area (Å²) >= 11 is 3.37. The van der Waals surface area contributed by atoms with Crippen molar-refractivity contribution in [2.24, 2.45) is 0 Å². The average Bonchev–Trinajstić information content (AvgIpc) is 2.33. The molecule has 2 aromatic rings. The maximum atomic E-state index is 12.1. The summed E-state index contributed by atoms with van der Waals surface area (Å²) in [7, 11) is 0. The fourth-order valence-corrected chi connectivity index (χ4v) is 2.42. The highest BCUT2D eigenvalue weighted by atomic mass is 79.9. The van der Waals surface area contributed by atoms with Crippen LogP contribution in [0.5, 0.6) is 5.75 Å². The van der Waals surface area contributed by atoms with Crippen LogP contribution in [0.2, 0.25) is 0 Å². The highest BCUT2D eigenvalue weighted by Crippen LogP contribution is 2.30. The quantitative estimate of drug-likeness (QED) is 0.743. The van der Waals surface area contributed by atoms with Gasteiger partial charge in [-0.05, 0) is 58.7 Å². The van der Waals surface area contributed by atoms with Gasteiger partial charge < -0.3 is 16.2 Å². The van der Waals surface area contributed by atoms with Crippen LogP contribution in [0.3, 0.4) is 0 Å². The van der Waals surface area contributed by atoms with Crippen LogP contribution in [0.4, 0.5) is 11.4 Å². The maximum Gasteiger partial charge on any atom is 0.255 e. The minimum absolute atomic E-state index is 0.0450. The molecule has 0 bridgehead atoms. The monoisotopic (exact) mass is 320 g/mol. The fraction of sp³-hybridized carbons (Fsp3) is 0.0714. The fourth-order valence-electron chi connectivity index (χ4n) is 1.73. The van der Waals surface area contributed by atoms with Gasteiger partial charge in [0.05, 0.1) is 11.4 Å². The van der Waals surface area contributed by atoms with E-state index in [1.807, 2.05) is 13.0 Å². The number of hydrogen-bond acceptors (Lipinski definition) is 3. The molecule has 2 aromatic carbocycles. The van der Waals surface area contributed by atoms with Crippen molar-refractivity contribution >= 4 is 33.2 Å². The first-order chi connectivity index (χ1) is 8.97. The summed E-state index contributed by atoms with van der Waals surface area (Å²) in [5.74, 6) is -0.282. The van der Waals surface area contributed by atoms with Crippen molar-refractivity contribution in [3.8, 4) is 5.75 Å². The zero-order valence-electron chi connectivity index (χ0n) is 10.3. The first-order valence-electron chi connectivity index (χ1n) is 5.63. The lowest BCUT2D eigenvalue weighted by Gasteiger charge is -2.11. The Morgan fingerprint density at radius 3 is 2.68 bits per heavy atom. The number of halogens is 1. The van der Waals surface area contributed by atoms with E-state index in [4.69, 9.17) is 5.73 Å². The number of nitrogen functional groups attached to an aromatic ring is 1. The molecule has 2 rings (SSSR count). The lowest BCUT2D eigenvalue weighted by molar-refractivity contribution is 0.102. The number of carbonyl (C=O) groups excluding carboxylic acids is 1. The van der Waals surface area contributed by atoms with Crippen molar-refractivity contribution < 1.29 is 9.90 Å². The van der Waals surface area contributed by atoms with Crippen LogP contribution >= 0.6 is 15.9 Å². The summed E-state index contributed by atoms with van der Waals surface area (Å²) in [6, 6.07) is 9.78. The summed E-state index contributed by atoms with van der Waals surface area (Å²) in [6.07, 6.45) is 0. The van der Waals surface area contributed by atoms with Gasteiger partial charge in [-0.3, -0.25) is 4.79 Å². The molecule has 0 aliphatic carbocycles. The van der Waals surface area contributed by atoms with Crippen LogP contribution in [-0.4, -0.2) is 11.0 Å². The van der Waals surface area contributed by atoms with Gasteiger partial charge in [-0.25, -0.2) is 0 Å². The molecule has 0 fully saturated rings. The standard InChI is InChI=1S/C14H13BrN2O2/c1-8-5-11(15)13(12(16)6-8)17-14(19)9-3-2-4-10(18)7-9/h2-7,18H,16H2,1H3,(H,17,19). The number of amides is 1. The van der Waals surface area contributed by atoms with E-state index in [0.717, 1.165) is 10.0 Å². The van der Waals surface area contributed by atoms with Crippen molar-refractivity contribution in [1.82, 2.24) is 0 Å². The number of benzene rings is 2. The predicted molar refractivity (Wildman–Crippen MR) is 79.4 cm³/mol. The zero-order chi connectivity index (χ0) is 14.0. The molecule has 4 nitrogen and oxygen atoms in total. The lowest BCUT2D eigenvalue weighted by atomic mass is 10.1. The number of phenols is 1. The number of carbonyl (C=O) groups is 1. The van der Waals surface area contributed by atoms with Gasteiger partial charge in [0.15, 0.2) is 0 Å². The summed E-state index contributed by atoms with van der Waals surface area (Å²) in [6.45, 7) is 1.92. The van der Waals surface area contributed by atoms with E-state index in [1.54, 1.807) is 18.2 Å². The van der Waals surface area contributed by atoms with E-state index in [1.165, 1.54) is 12.1 Å². The highest BCUT2D eigenvalue weighted by Gasteiger charge is 2.11. The molecule has 0 spiro atoms. The molecule has 4 N–H and O–H groups in total. The molecular formula is C14H13BrN2O2. The second-order valence-electron chi connectivity index (χ2n) is 4.22. The topological polar surface area (TPSA) is 75.3 Å². The van der Waals surface area contributed by atoms with Crippen LogP contribution in [0.25, 0.3) is 0 Å². The number of phenolic OH excluding ortho intramolecular Hbond substituents is 1. The molecule has 1 amide bonds. The molecule has 0 aromatic heterocycles. The van der Waals surface area contributed by atoms with Crippen LogP contribution in [0.15, 0.2) is 40.9 Å². The van der Waals surface area contributed by atoms with Crippen molar-refractivity contribution in [2.75, 3.05) is 11.1 Å². The number of aryl methyl sites for hydroxylation is 1. The smallest absolute Gasteiger partial charge is 0.255 e. The van der Waals surface area contributed by atoms with E-state index < -0.39 is 0 Å². The molecule has 0 aliphatic rings. The van der Waals surface area contributed by atoms with Gasteiger partial charge in [0.25, 0.3) is 5.91 Å². The number of nitrogens with two attached hydrogens (primary N) is 1. The average molecular weight is 321 g/mol. The van der Waals surface area contributed by atoms with Gasteiger partial charge in [0.2, 0.25) is 0 Å². The zero-order valence-corrected chi connectivity index (χ0v) is 11.9. The van der Waals surface area contributed by atoms with Gasteiger partial charge in [-0.15, -0.1) is 0 Å². The van der Waals surface area contributed by atoms with Gasteiger partial charge in [-0.1, -0.05) is 6.07 Å². The van der Waals surface area contributed by atoms with E-state index in [0.29, 0.717) is 16.9 Å². The second-order valence-corrected chi connectivity index (χ2v) is 5.07. The summed E-state index contributed by atoms with van der Waals surface area (Å²) in [5.41, 5.74) is 8.26. The Morgan fingerprint density at radius 1 is 1.32 bits per heavy atom. The van der Waals surface area contributed by atoms with E-state index in [2.05, 4.69) is 21.2 Å². The molecule has 0 saturated heterocycles. The minimum Gasteiger partial charge on any atom is -0.508 e. The molecule has 0 radical (unpaired) electrons. The maximum absolute atomic E-state index is 12.1. The predicted octanol–water partition coefficient (Wildman–Crippen LogP) is 3.30. The van der Waals surface area contributed by atoms with Gasteiger partial charge >= 0.3 is 0 Å². The number of aromatic hydroxyl groups is 1.